The van der Waals surface area contributed by atoms with Gasteiger partial charge in [-0.3, -0.25) is 4.79 Å². The van der Waals surface area contributed by atoms with Gasteiger partial charge in [-0.25, -0.2) is 0 Å². The molecule has 0 radical (unpaired) electrons. The smallest absolute Gasteiger partial charge is 0.137 e. The average Bonchev–Trinajstić information content (AvgIpc) is 2.75. The largest absolute Gasteiger partial charge is 0.316 e. The second-order valence-electron chi connectivity index (χ2n) is 3.81. The van der Waals surface area contributed by atoms with Crippen LogP contribution < -0.4 is 5.32 Å². The molecule has 1 rings (SSSR count). The fraction of sp³-hybridized carbons (Fsp3) is 0.583. The van der Waals surface area contributed by atoms with E-state index in [1.807, 2.05) is 6.92 Å². The number of Topliss-reactive ketones (excluding diaryl/α,β-unsaturated/α-hetero) is 1. The van der Waals surface area contributed by atoms with Gasteiger partial charge >= 0.3 is 0 Å². The van der Waals surface area contributed by atoms with Crippen molar-refractivity contribution in [2.24, 2.45) is 5.92 Å². The lowest BCUT2D eigenvalue weighted by Crippen LogP contribution is -2.26. The minimum absolute atomic E-state index is 0.142. The summed E-state index contributed by atoms with van der Waals surface area (Å²) in [6, 6.07) is 2.09. The van der Waals surface area contributed by atoms with Crippen LogP contribution in [-0.4, -0.2) is 18.9 Å². The van der Waals surface area contributed by atoms with Crippen LogP contribution in [0.2, 0.25) is 0 Å². The molecule has 0 aliphatic rings. The van der Waals surface area contributed by atoms with Crippen LogP contribution in [0.25, 0.3) is 0 Å². The van der Waals surface area contributed by atoms with Gasteiger partial charge in [0, 0.05) is 18.9 Å². The maximum absolute atomic E-state index is 11.7. The van der Waals surface area contributed by atoms with Crippen LogP contribution in [0.1, 0.15) is 25.8 Å². The van der Waals surface area contributed by atoms with Crippen molar-refractivity contribution in [1.29, 1.82) is 0 Å². The normalized spacial score (nSPS) is 12.7. The van der Waals surface area contributed by atoms with E-state index in [-0.39, 0.29) is 5.92 Å². The SMILES string of the molecule is CCNCC(C)C(=O)CCc1ccsc1. The van der Waals surface area contributed by atoms with Crippen molar-refractivity contribution in [3.05, 3.63) is 22.4 Å². The molecule has 0 fully saturated rings. The number of carbonyl (C=O) groups is 1. The van der Waals surface area contributed by atoms with Gasteiger partial charge in [-0.1, -0.05) is 13.8 Å². The molecule has 1 unspecified atom stereocenters. The van der Waals surface area contributed by atoms with Gasteiger partial charge < -0.3 is 5.32 Å². The van der Waals surface area contributed by atoms with Crippen LogP contribution >= 0.6 is 11.3 Å². The monoisotopic (exact) mass is 225 g/mol. The van der Waals surface area contributed by atoms with E-state index in [2.05, 4.69) is 29.1 Å². The van der Waals surface area contributed by atoms with E-state index in [4.69, 9.17) is 0 Å². The molecule has 0 amide bonds. The van der Waals surface area contributed by atoms with E-state index in [9.17, 15) is 4.79 Å². The molecule has 15 heavy (non-hydrogen) atoms. The van der Waals surface area contributed by atoms with Gasteiger partial charge in [-0.15, -0.1) is 0 Å². The highest BCUT2D eigenvalue weighted by Gasteiger charge is 2.11. The van der Waals surface area contributed by atoms with Gasteiger partial charge in [0.1, 0.15) is 5.78 Å². The Balaban J connectivity index is 2.23. The van der Waals surface area contributed by atoms with Gasteiger partial charge in [0.05, 0.1) is 0 Å². The molecule has 0 saturated carbocycles. The first-order valence-corrected chi connectivity index (χ1v) is 6.42. The van der Waals surface area contributed by atoms with Crippen molar-refractivity contribution in [3.63, 3.8) is 0 Å². The summed E-state index contributed by atoms with van der Waals surface area (Å²) >= 11 is 1.69. The molecule has 1 aromatic rings. The molecule has 1 N–H and O–H groups in total. The summed E-state index contributed by atoms with van der Waals surface area (Å²) in [6.07, 6.45) is 1.56. The number of nitrogens with one attached hydrogen (secondary N) is 1. The second kappa shape index (κ2) is 6.75. The maximum atomic E-state index is 11.7. The fourth-order valence-electron chi connectivity index (χ4n) is 1.42. The predicted molar refractivity (Wildman–Crippen MR) is 65.4 cm³/mol. The summed E-state index contributed by atoms with van der Waals surface area (Å²) in [4.78, 5) is 11.7. The molecule has 0 aromatic carbocycles. The molecular formula is C12H19NOS. The Labute approximate surface area is 95.7 Å². The van der Waals surface area contributed by atoms with E-state index >= 15 is 0 Å². The number of ketones is 1. The van der Waals surface area contributed by atoms with E-state index < -0.39 is 0 Å². The molecule has 0 spiro atoms. The van der Waals surface area contributed by atoms with Crippen LogP contribution in [0.4, 0.5) is 0 Å². The Morgan fingerprint density at radius 3 is 3.00 bits per heavy atom. The van der Waals surface area contributed by atoms with Gasteiger partial charge in [0.15, 0.2) is 0 Å². The number of hydrogen-bond acceptors (Lipinski definition) is 3. The summed E-state index contributed by atoms with van der Waals surface area (Å²) in [6.45, 7) is 5.79. The lowest BCUT2D eigenvalue weighted by Gasteiger charge is -2.09. The molecule has 2 nitrogen and oxygen atoms in total. The summed E-state index contributed by atoms with van der Waals surface area (Å²) < 4.78 is 0. The van der Waals surface area contributed by atoms with E-state index in [1.54, 1.807) is 11.3 Å². The van der Waals surface area contributed by atoms with Crippen LogP contribution in [-0.2, 0) is 11.2 Å². The first kappa shape index (κ1) is 12.4. The zero-order valence-electron chi connectivity index (χ0n) is 9.45. The minimum Gasteiger partial charge on any atom is -0.316 e. The third-order valence-corrected chi connectivity index (χ3v) is 3.22. The Morgan fingerprint density at radius 2 is 2.40 bits per heavy atom. The van der Waals surface area contributed by atoms with Crippen molar-refractivity contribution in [1.82, 2.24) is 5.32 Å². The van der Waals surface area contributed by atoms with Crippen molar-refractivity contribution in [2.75, 3.05) is 13.1 Å². The first-order valence-electron chi connectivity index (χ1n) is 5.48. The first-order chi connectivity index (χ1) is 7.24. The van der Waals surface area contributed by atoms with Gasteiger partial charge in [-0.05, 0) is 35.4 Å². The lowest BCUT2D eigenvalue weighted by molar-refractivity contribution is -0.122. The molecule has 1 aromatic heterocycles. The summed E-state index contributed by atoms with van der Waals surface area (Å²) in [5.41, 5.74) is 1.28. The minimum atomic E-state index is 0.142. The Morgan fingerprint density at radius 1 is 1.60 bits per heavy atom. The van der Waals surface area contributed by atoms with Crippen LogP contribution in [0.15, 0.2) is 16.8 Å². The zero-order valence-corrected chi connectivity index (χ0v) is 10.3. The fourth-order valence-corrected chi connectivity index (χ4v) is 2.13. The number of hydrogen-bond donors (Lipinski definition) is 1. The van der Waals surface area contributed by atoms with Gasteiger partial charge in [0.2, 0.25) is 0 Å². The third-order valence-electron chi connectivity index (χ3n) is 2.49. The van der Waals surface area contributed by atoms with Crippen molar-refractivity contribution in [3.8, 4) is 0 Å². The Kier molecular flexibility index (Phi) is 5.58. The second-order valence-corrected chi connectivity index (χ2v) is 4.59. The molecule has 0 saturated heterocycles. The van der Waals surface area contributed by atoms with E-state index in [1.165, 1.54) is 5.56 Å². The highest BCUT2D eigenvalue weighted by Crippen LogP contribution is 2.10. The maximum Gasteiger partial charge on any atom is 0.137 e. The van der Waals surface area contributed by atoms with Crippen molar-refractivity contribution in [2.45, 2.75) is 26.7 Å². The van der Waals surface area contributed by atoms with Gasteiger partial charge in [0.25, 0.3) is 0 Å². The third kappa shape index (κ3) is 4.58. The highest BCUT2D eigenvalue weighted by molar-refractivity contribution is 7.07. The quantitative estimate of drug-likeness (QED) is 0.772. The summed E-state index contributed by atoms with van der Waals surface area (Å²) in [7, 11) is 0. The number of carbonyl (C=O) groups excluding carboxylic acids is 1. The van der Waals surface area contributed by atoms with Crippen LogP contribution in [0.3, 0.4) is 0 Å². The number of thiophene rings is 1. The van der Waals surface area contributed by atoms with Crippen molar-refractivity contribution < 1.29 is 4.79 Å². The Hall–Kier alpha value is -0.670. The van der Waals surface area contributed by atoms with Crippen LogP contribution in [0, 0.1) is 5.92 Å². The van der Waals surface area contributed by atoms with Crippen molar-refractivity contribution >= 4 is 17.1 Å². The summed E-state index contributed by atoms with van der Waals surface area (Å²) in [5.74, 6) is 0.505. The number of aryl methyl sites for hydroxylation is 1. The molecule has 0 bridgehead atoms. The topological polar surface area (TPSA) is 29.1 Å². The Bertz CT molecular complexity index is 282. The van der Waals surface area contributed by atoms with E-state index in [0.29, 0.717) is 12.2 Å². The van der Waals surface area contributed by atoms with E-state index in [0.717, 1.165) is 19.5 Å². The lowest BCUT2D eigenvalue weighted by atomic mass is 10.0. The molecule has 84 valence electrons. The molecule has 0 aliphatic carbocycles. The average molecular weight is 225 g/mol. The van der Waals surface area contributed by atoms with Crippen LogP contribution in [0.5, 0.6) is 0 Å². The zero-order chi connectivity index (χ0) is 11.1. The molecule has 3 heteroatoms. The highest BCUT2D eigenvalue weighted by atomic mass is 32.1. The van der Waals surface area contributed by atoms with Gasteiger partial charge in [-0.2, -0.15) is 11.3 Å². The molecule has 1 heterocycles. The predicted octanol–water partition coefficient (Wildman–Crippen LogP) is 2.50. The molecule has 1 atom stereocenters. The molecular weight excluding hydrogens is 206 g/mol. The number of rotatable bonds is 7. The molecule has 0 aliphatic heterocycles. The standard InChI is InChI=1S/C12H19NOS/c1-3-13-8-10(2)12(14)5-4-11-6-7-15-9-11/h6-7,9-10,13H,3-5,8H2,1-2H3. The summed E-state index contributed by atoms with van der Waals surface area (Å²) in [5, 5.41) is 7.37.